The second kappa shape index (κ2) is 5.92. The third-order valence-electron chi connectivity index (χ3n) is 4.39. The van der Waals surface area contributed by atoms with Gasteiger partial charge in [-0.15, -0.1) is 0 Å². The first-order valence-electron chi connectivity index (χ1n) is 7.90. The van der Waals surface area contributed by atoms with Gasteiger partial charge in [0.05, 0.1) is 18.4 Å². The monoisotopic (exact) mass is 324 g/mol. The van der Waals surface area contributed by atoms with Gasteiger partial charge in [0.2, 0.25) is 0 Å². The van der Waals surface area contributed by atoms with E-state index in [4.69, 9.17) is 4.42 Å². The van der Waals surface area contributed by atoms with Gasteiger partial charge in [0.15, 0.2) is 0 Å². The lowest BCUT2D eigenvalue weighted by Gasteiger charge is -2.31. The lowest BCUT2D eigenvalue weighted by molar-refractivity contribution is 0.0679. The number of rotatable bonds is 2. The van der Waals surface area contributed by atoms with Crippen LogP contribution in [-0.2, 0) is 0 Å². The Balaban J connectivity index is 1.54. The fourth-order valence-electron chi connectivity index (χ4n) is 3.10. The molecule has 7 nitrogen and oxygen atoms in total. The molecule has 3 heterocycles. The van der Waals surface area contributed by atoms with Gasteiger partial charge in [0, 0.05) is 18.5 Å². The Bertz CT molecular complexity index is 924. The van der Waals surface area contributed by atoms with Gasteiger partial charge in [-0.1, -0.05) is 18.2 Å². The fourth-order valence-corrected chi connectivity index (χ4v) is 3.10. The maximum atomic E-state index is 12.7. The van der Waals surface area contributed by atoms with Gasteiger partial charge in [0.25, 0.3) is 5.91 Å². The summed E-state index contributed by atoms with van der Waals surface area (Å²) in [6, 6.07) is 8.99. The van der Waals surface area contributed by atoms with Crippen LogP contribution in [0.5, 0.6) is 0 Å². The molecule has 122 valence electrons. The van der Waals surface area contributed by atoms with E-state index in [9.17, 15) is 9.59 Å². The third kappa shape index (κ3) is 2.58. The first-order valence-corrected chi connectivity index (χ1v) is 7.90. The molecule has 1 fully saturated rings. The second-order valence-electron chi connectivity index (χ2n) is 5.86. The topological polar surface area (TPSA) is 81.2 Å². The van der Waals surface area contributed by atoms with Crippen LogP contribution in [-0.4, -0.2) is 38.9 Å². The number of aromatic nitrogens is 3. The molecule has 0 saturated carbocycles. The molecule has 0 unspecified atom stereocenters. The molecule has 4 rings (SSSR count). The number of piperidine rings is 1. The number of hydrogen-bond donors (Lipinski definition) is 0. The molecule has 24 heavy (non-hydrogen) atoms. The number of hydrogen-bond acceptors (Lipinski definition) is 5. The van der Waals surface area contributed by atoms with E-state index >= 15 is 0 Å². The van der Waals surface area contributed by atoms with E-state index in [-0.39, 0.29) is 17.5 Å². The summed E-state index contributed by atoms with van der Waals surface area (Å²) in [7, 11) is 0. The van der Waals surface area contributed by atoms with Gasteiger partial charge in [-0.2, -0.15) is 15.0 Å². The predicted octanol–water partition coefficient (Wildman–Crippen LogP) is 1.86. The van der Waals surface area contributed by atoms with Crippen molar-refractivity contribution in [3.8, 4) is 0 Å². The molecule has 1 saturated heterocycles. The molecule has 1 aliphatic heterocycles. The van der Waals surface area contributed by atoms with Crippen molar-refractivity contribution in [1.29, 1.82) is 0 Å². The summed E-state index contributed by atoms with van der Waals surface area (Å²) in [6.07, 6.45) is 4.83. The molecule has 0 spiro atoms. The molecule has 0 aliphatic carbocycles. The Morgan fingerprint density at radius 3 is 2.58 bits per heavy atom. The van der Waals surface area contributed by atoms with Crippen LogP contribution in [0.4, 0.5) is 0 Å². The summed E-state index contributed by atoms with van der Waals surface area (Å²) in [5.41, 5.74) is -0.0126. The van der Waals surface area contributed by atoms with Crippen molar-refractivity contribution >= 4 is 16.9 Å². The van der Waals surface area contributed by atoms with Crippen LogP contribution in [0.15, 0.2) is 51.9 Å². The molecule has 1 aromatic carbocycles. The van der Waals surface area contributed by atoms with Crippen molar-refractivity contribution in [3.05, 3.63) is 58.7 Å². The van der Waals surface area contributed by atoms with Gasteiger partial charge in [-0.05, 0) is 25.0 Å². The zero-order chi connectivity index (χ0) is 16.5. The molecule has 1 amide bonds. The molecule has 1 aliphatic rings. The zero-order valence-electron chi connectivity index (χ0n) is 13.0. The number of fused-ring (bicyclic) bond motifs is 1. The summed E-state index contributed by atoms with van der Waals surface area (Å²) in [6.45, 7) is 1.13. The van der Waals surface area contributed by atoms with Gasteiger partial charge in [-0.25, -0.2) is 4.79 Å². The van der Waals surface area contributed by atoms with Crippen LogP contribution in [0.2, 0.25) is 0 Å². The molecule has 0 atom stereocenters. The number of para-hydroxylation sites is 1. The highest BCUT2D eigenvalue weighted by molar-refractivity contribution is 5.96. The average molecular weight is 324 g/mol. The molecular formula is C17H16N4O3. The van der Waals surface area contributed by atoms with E-state index in [1.807, 2.05) is 12.1 Å². The normalized spacial score (nSPS) is 15.8. The van der Waals surface area contributed by atoms with Gasteiger partial charge in [0.1, 0.15) is 11.1 Å². The quantitative estimate of drug-likeness (QED) is 0.672. The fraction of sp³-hybridized carbons (Fsp3) is 0.294. The first kappa shape index (κ1) is 14.6. The van der Waals surface area contributed by atoms with E-state index in [0.29, 0.717) is 18.7 Å². The van der Waals surface area contributed by atoms with E-state index in [0.717, 1.165) is 18.2 Å². The average Bonchev–Trinajstić information content (AvgIpc) is 3.15. The number of carbonyl (C=O) groups is 1. The van der Waals surface area contributed by atoms with E-state index in [1.54, 1.807) is 40.3 Å². The van der Waals surface area contributed by atoms with Crippen molar-refractivity contribution < 1.29 is 9.21 Å². The summed E-state index contributed by atoms with van der Waals surface area (Å²) in [5, 5.41) is 9.05. The number of benzene rings is 1. The minimum Gasteiger partial charge on any atom is -0.422 e. The van der Waals surface area contributed by atoms with Gasteiger partial charge >= 0.3 is 5.63 Å². The highest BCUT2D eigenvalue weighted by Crippen LogP contribution is 2.22. The zero-order valence-corrected chi connectivity index (χ0v) is 13.0. The summed E-state index contributed by atoms with van der Waals surface area (Å²) < 4.78 is 5.26. The van der Waals surface area contributed by atoms with Crippen LogP contribution in [0.1, 0.15) is 29.2 Å². The molecule has 0 N–H and O–H groups in total. The Morgan fingerprint density at radius 1 is 1.12 bits per heavy atom. The van der Waals surface area contributed by atoms with E-state index < -0.39 is 5.63 Å². The third-order valence-corrected chi connectivity index (χ3v) is 4.39. The van der Waals surface area contributed by atoms with Crippen LogP contribution < -0.4 is 5.63 Å². The van der Waals surface area contributed by atoms with E-state index in [1.165, 1.54) is 0 Å². The van der Waals surface area contributed by atoms with Gasteiger partial charge in [-0.3, -0.25) is 4.79 Å². The lowest BCUT2D eigenvalue weighted by atomic mass is 10.0. The molecule has 2 aromatic heterocycles. The highest BCUT2D eigenvalue weighted by atomic mass is 16.4. The molecule has 0 radical (unpaired) electrons. The van der Waals surface area contributed by atoms with Crippen molar-refractivity contribution in [3.63, 3.8) is 0 Å². The van der Waals surface area contributed by atoms with Crippen LogP contribution in [0.25, 0.3) is 11.0 Å². The van der Waals surface area contributed by atoms with Crippen LogP contribution in [0.3, 0.4) is 0 Å². The Kier molecular flexibility index (Phi) is 3.60. The van der Waals surface area contributed by atoms with Gasteiger partial charge < -0.3 is 9.32 Å². The number of carbonyl (C=O) groups excluding carboxylic acids is 1. The maximum Gasteiger partial charge on any atom is 0.349 e. The number of likely N-dealkylation sites (tertiary alicyclic amines) is 1. The minimum atomic E-state index is -0.588. The van der Waals surface area contributed by atoms with Crippen molar-refractivity contribution in [1.82, 2.24) is 19.9 Å². The predicted molar refractivity (Wildman–Crippen MR) is 86.7 cm³/mol. The molecule has 3 aromatic rings. The van der Waals surface area contributed by atoms with E-state index in [2.05, 4.69) is 10.2 Å². The number of amides is 1. The lowest BCUT2D eigenvalue weighted by Crippen LogP contribution is -2.41. The summed E-state index contributed by atoms with van der Waals surface area (Å²) in [4.78, 5) is 28.2. The Labute approximate surface area is 137 Å². The van der Waals surface area contributed by atoms with Crippen molar-refractivity contribution in [2.75, 3.05) is 13.1 Å². The smallest absolute Gasteiger partial charge is 0.349 e. The Hall–Kier alpha value is -2.96. The highest BCUT2D eigenvalue weighted by Gasteiger charge is 2.27. The first-order chi connectivity index (χ1) is 11.7. The molecule has 0 bridgehead atoms. The minimum absolute atomic E-state index is 0.0874. The Morgan fingerprint density at radius 2 is 1.83 bits per heavy atom. The van der Waals surface area contributed by atoms with Crippen LogP contribution >= 0.6 is 0 Å². The molecular weight excluding hydrogens is 308 g/mol. The largest absolute Gasteiger partial charge is 0.422 e. The van der Waals surface area contributed by atoms with Crippen LogP contribution in [0, 0.1) is 0 Å². The van der Waals surface area contributed by atoms with Crippen molar-refractivity contribution in [2.45, 2.75) is 18.9 Å². The maximum absolute atomic E-state index is 12.7. The number of nitrogens with zero attached hydrogens (tertiary/aromatic N) is 4. The molecule has 7 heteroatoms. The SMILES string of the molecule is O=C(c1cc2ccccc2oc1=O)N1CCC(n2nccn2)CC1. The standard InChI is InChI=1S/C17H16N4O3/c22-16(14-11-12-3-1-2-4-15(12)24-17(14)23)20-9-5-13(6-10-20)21-18-7-8-19-21/h1-4,7-8,11,13H,5-6,9-10H2. The second-order valence-corrected chi connectivity index (χ2v) is 5.86. The summed E-state index contributed by atoms with van der Waals surface area (Å²) >= 11 is 0. The summed E-state index contributed by atoms with van der Waals surface area (Å²) in [5.74, 6) is -0.277. The van der Waals surface area contributed by atoms with Crippen molar-refractivity contribution in [2.24, 2.45) is 0 Å².